The molecule has 0 aromatic rings. The molecule has 0 rings (SSSR count). The van der Waals surface area contributed by atoms with E-state index in [1.807, 2.05) is 0 Å². The monoisotopic (exact) mass is 625 g/mol. The summed E-state index contributed by atoms with van der Waals surface area (Å²) >= 11 is 0. The molecule has 0 saturated carbocycles. The number of ether oxygens (including phenoxy) is 2. The van der Waals surface area contributed by atoms with Gasteiger partial charge in [-0.3, -0.25) is 9.59 Å². The second-order valence-corrected chi connectivity index (χ2v) is 13.1. The Morgan fingerprint density at radius 3 is 0.750 bits per heavy atom. The van der Waals surface area contributed by atoms with E-state index >= 15 is 0 Å². The van der Waals surface area contributed by atoms with Gasteiger partial charge in [0, 0.05) is 12.8 Å². The van der Waals surface area contributed by atoms with E-state index in [9.17, 15) is 9.59 Å². The van der Waals surface area contributed by atoms with Gasteiger partial charge in [0.15, 0.2) is 0 Å². The molecule has 0 unspecified atom stereocenters. The zero-order valence-corrected chi connectivity index (χ0v) is 30.7. The molecule has 0 N–H and O–H groups in total. The molecule has 4 nitrogen and oxygen atoms in total. The Kier molecular flexibility index (Phi) is 43.0. The fourth-order valence-corrected chi connectivity index (χ4v) is 5.44. The van der Waals surface area contributed by atoms with Crippen LogP contribution in [0.25, 0.3) is 0 Å². The summed E-state index contributed by atoms with van der Waals surface area (Å²) < 4.78 is 10.6. The van der Waals surface area contributed by atoms with Gasteiger partial charge in [-0.05, 0) is 25.7 Å². The largest absolute Gasteiger partial charge is 0.466 e. The highest BCUT2D eigenvalue weighted by atomic mass is 16.5. The van der Waals surface area contributed by atoms with Crippen molar-refractivity contribution < 1.29 is 19.1 Å². The van der Waals surface area contributed by atoms with Crippen LogP contribution in [0, 0.1) is 0 Å². The fourth-order valence-electron chi connectivity index (χ4n) is 5.44. The lowest BCUT2D eigenvalue weighted by molar-refractivity contribution is -0.144. The summed E-state index contributed by atoms with van der Waals surface area (Å²) in [6.07, 6.45) is 39.4. The molecule has 0 aliphatic carbocycles. The summed E-state index contributed by atoms with van der Waals surface area (Å²) in [6.45, 7) is 10.2. The number of carbonyl (C=O) groups excluding carboxylic acids is 2. The summed E-state index contributed by atoms with van der Waals surface area (Å²) in [7, 11) is 0. The average Bonchev–Trinajstić information content (AvgIpc) is 3.02. The molecular weight excluding hydrogens is 544 g/mol. The quantitative estimate of drug-likeness (QED) is 0.0528. The highest BCUT2D eigenvalue weighted by Crippen LogP contribution is 2.12. The van der Waals surface area contributed by atoms with E-state index in [0.29, 0.717) is 26.1 Å². The van der Waals surface area contributed by atoms with Crippen molar-refractivity contribution in [3.63, 3.8) is 0 Å². The molecule has 0 aromatic heterocycles. The van der Waals surface area contributed by atoms with E-state index in [0.717, 1.165) is 25.7 Å². The van der Waals surface area contributed by atoms with Gasteiger partial charge in [-0.1, -0.05) is 195 Å². The van der Waals surface area contributed by atoms with Gasteiger partial charge in [0.25, 0.3) is 0 Å². The molecule has 0 saturated heterocycles. The van der Waals surface area contributed by atoms with Crippen molar-refractivity contribution in [1.82, 2.24) is 0 Å². The zero-order chi connectivity index (χ0) is 32.6. The van der Waals surface area contributed by atoms with Crippen molar-refractivity contribution in [3.8, 4) is 0 Å². The van der Waals surface area contributed by atoms with Crippen LogP contribution in [0.4, 0.5) is 0 Å². The molecule has 0 aliphatic heterocycles. The second-order valence-electron chi connectivity index (χ2n) is 13.1. The molecular formula is C40H80O4. The number of carbonyl (C=O) groups is 2. The van der Waals surface area contributed by atoms with Crippen molar-refractivity contribution in [1.29, 1.82) is 0 Å². The standard InChI is InChI=1S/2C20H40O2/c2*1-3-5-7-9-11-13-15-17-19-22-20(21)18-16-14-12-10-8-6-4-2/h2*3-19H2,1-2H3. The third-order valence-electron chi connectivity index (χ3n) is 8.49. The molecule has 264 valence electrons. The number of rotatable bonds is 34. The summed E-state index contributed by atoms with van der Waals surface area (Å²) in [6, 6.07) is 0. The summed E-state index contributed by atoms with van der Waals surface area (Å²) in [4.78, 5) is 23.1. The maximum atomic E-state index is 11.6. The number of unbranched alkanes of at least 4 members (excludes halogenated alkanes) is 26. The lowest BCUT2D eigenvalue weighted by atomic mass is 10.1. The summed E-state index contributed by atoms with van der Waals surface area (Å²) in [5.41, 5.74) is 0. The molecule has 0 aliphatic rings. The van der Waals surface area contributed by atoms with Crippen LogP contribution in [0.5, 0.6) is 0 Å². The topological polar surface area (TPSA) is 52.6 Å². The van der Waals surface area contributed by atoms with Crippen molar-refractivity contribution >= 4 is 11.9 Å². The van der Waals surface area contributed by atoms with E-state index in [2.05, 4.69) is 27.7 Å². The molecule has 0 radical (unpaired) electrons. The molecule has 0 atom stereocenters. The molecule has 0 amide bonds. The minimum Gasteiger partial charge on any atom is -0.466 e. The Hall–Kier alpha value is -1.06. The maximum Gasteiger partial charge on any atom is 0.305 e. The van der Waals surface area contributed by atoms with E-state index in [1.54, 1.807) is 0 Å². The average molecular weight is 625 g/mol. The van der Waals surface area contributed by atoms with Crippen molar-refractivity contribution in [2.24, 2.45) is 0 Å². The molecule has 0 fully saturated rings. The first kappa shape index (κ1) is 45.1. The normalized spacial score (nSPS) is 10.8. The number of hydrogen-bond donors (Lipinski definition) is 0. The molecule has 0 heterocycles. The Morgan fingerprint density at radius 2 is 0.500 bits per heavy atom. The lowest BCUT2D eigenvalue weighted by Gasteiger charge is -2.05. The van der Waals surface area contributed by atoms with Gasteiger partial charge >= 0.3 is 11.9 Å². The van der Waals surface area contributed by atoms with E-state index in [1.165, 1.54) is 167 Å². The number of hydrogen-bond acceptors (Lipinski definition) is 4. The van der Waals surface area contributed by atoms with E-state index < -0.39 is 0 Å². The van der Waals surface area contributed by atoms with Crippen LogP contribution in [-0.4, -0.2) is 25.2 Å². The van der Waals surface area contributed by atoms with Gasteiger partial charge in [0.05, 0.1) is 13.2 Å². The highest BCUT2D eigenvalue weighted by molar-refractivity contribution is 5.69. The van der Waals surface area contributed by atoms with Crippen molar-refractivity contribution in [3.05, 3.63) is 0 Å². The SMILES string of the molecule is CCCCCCCCCCOC(=O)CCCCCCCCC.CCCCCCCCCCOC(=O)CCCCCCCCC. The Labute approximate surface area is 277 Å². The fraction of sp³-hybridized carbons (Fsp3) is 0.950. The predicted octanol–water partition coefficient (Wildman–Crippen LogP) is 13.6. The predicted molar refractivity (Wildman–Crippen MR) is 192 cm³/mol. The van der Waals surface area contributed by atoms with Crippen LogP contribution in [0.15, 0.2) is 0 Å². The molecule has 0 spiro atoms. The van der Waals surface area contributed by atoms with Gasteiger partial charge in [-0.2, -0.15) is 0 Å². The van der Waals surface area contributed by atoms with Crippen molar-refractivity contribution in [2.75, 3.05) is 13.2 Å². The van der Waals surface area contributed by atoms with Crippen LogP contribution in [0.1, 0.15) is 233 Å². The van der Waals surface area contributed by atoms with E-state index in [4.69, 9.17) is 9.47 Å². The Bertz CT molecular complexity index is 499. The highest BCUT2D eigenvalue weighted by Gasteiger charge is 2.03. The molecule has 0 bridgehead atoms. The van der Waals surface area contributed by atoms with E-state index in [-0.39, 0.29) is 11.9 Å². The van der Waals surface area contributed by atoms with Crippen LogP contribution in [0.2, 0.25) is 0 Å². The first-order chi connectivity index (χ1) is 21.6. The first-order valence-electron chi connectivity index (χ1n) is 19.9. The summed E-state index contributed by atoms with van der Waals surface area (Å²) in [5.74, 6) is 0.0213. The number of esters is 2. The van der Waals surface area contributed by atoms with Gasteiger partial charge < -0.3 is 9.47 Å². The zero-order valence-electron chi connectivity index (χ0n) is 30.7. The molecule has 0 aromatic carbocycles. The minimum atomic E-state index is 0.0107. The third-order valence-corrected chi connectivity index (χ3v) is 8.49. The third kappa shape index (κ3) is 43.1. The van der Waals surface area contributed by atoms with Crippen LogP contribution >= 0.6 is 0 Å². The lowest BCUT2D eigenvalue weighted by Crippen LogP contribution is -2.05. The van der Waals surface area contributed by atoms with Gasteiger partial charge in [-0.25, -0.2) is 0 Å². The molecule has 44 heavy (non-hydrogen) atoms. The van der Waals surface area contributed by atoms with Gasteiger partial charge in [-0.15, -0.1) is 0 Å². The second kappa shape index (κ2) is 41.9. The first-order valence-corrected chi connectivity index (χ1v) is 19.9. The van der Waals surface area contributed by atoms with Crippen LogP contribution in [0.3, 0.4) is 0 Å². The minimum absolute atomic E-state index is 0.0107. The van der Waals surface area contributed by atoms with Gasteiger partial charge in [0.2, 0.25) is 0 Å². The molecule has 4 heteroatoms. The summed E-state index contributed by atoms with van der Waals surface area (Å²) in [5, 5.41) is 0. The van der Waals surface area contributed by atoms with Gasteiger partial charge in [0.1, 0.15) is 0 Å². The Morgan fingerprint density at radius 1 is 0.295 bits per heavy atom. The van der Waals surface area contributed by atoms with Crippen molar-refractivity contribution in [2.45, 2.75) is 233 Å². The maximum absolute atomic E-state index is 11.6. The smallest absolute Gasteiger partial charge is 0.305 e. The van der Waals surface area contributed by atoms with Crippen LogP contribution < -0.4 is 0 Å². The van der Waals surface area contributed by atoms with Crippen LogP contribution in [-0.2, 0) is 19.1 Å². The Balaban J connectivity index is 0.